The number of ether oxygens (including phenoxy) is 2. The lowest BCUT2D eigenvalue weighted by molar-refractivity contribution is 0.392. The van der Waals surface area contributed by atoms with Crippen LogP contribution in [0.15, 0.2) is 34.8 Å². The largest absolute Gasteiger partial charge is 0.497 e. The molecule has 2 rings (SSSR count). The molecule has 0 aliphatic heterocycles. The van der Waals surface area contributed by atoms with E-state index in [1.54, 1.807) is 23.8 Å². The molecule has 2 aromatic rings. The summed E-state index contributed by atoms with van der Waals surface area (Å²) < 4.78 is 37.4. The Hall–Kier alpha value is -1.64. The maximum Gasteiger partial charge on any atom is 0.244 e. The van der Waals surface area contributed by atoms with Crippen LogP contribution in [-0.4, -0.2) is 34.2 Å². The van der Waals surface area contributed by atoms with E-state index in [4.69, 9.17) is 9.47 Å². The van der Waals surface area contributed by atoms with Gasteiger partial charge in [-0.25, -0.2) is 13.1 Å². The number of nitrogens with zero attached hydrogens (tertiary/aromatic N) is 1. The summed E-state index contributed by atoms with van der Waals surface area (Å²) in [5, 5.41) is 0. The van der Waals surface area contributed by atoms with Crippen LogP contribution >= 0.6 is 11.3 Å². The van der Waals surface area contributed by atoms with E-state index in [1.807, 2.05) is 0 Å². The molecule has 0 atom stereocenters. The Morgan fingerprint density at radius 1 is 1.29 bits per heavy atom. The van der Waals surface area contributed by atoms with E-state index in [1.165, 1.54) is 31.6 Å². The Kier molecular flexibility index (Phi) is 5.16. The number of hydrogen-bond acceptors (Lipinski definition) is 6. The molecular formula is C13H16N2O4S2. The molecule has 0 saturated carbocycles. The van der Waals surface area contributed by atoms with E-state index in [9.17, 15) is 8.42 Å². The molecule has 114 valence electrons. The monoisotopic (exact) mass is 328 g/mol. The normalized spacial score (nSPS) is 11.3. The highest BCUT2D eigenvalue weighted by Crippen LogP contribution is 2.27. The second-order valence-corrected chi connectivity index (χ2v) is 6.84. The molecule has 0 amide bonds. The van der Waals surface area contributed by atoms with E-state index >= 15 is 0 Å². The highest BCUT2D eigenvalue weighted by molar-refractivity contribution is 7.89. The molecule has 1 heterocycles. The molecule has 0 unspecified atom stereocenters. The molecule has 0 aliphatic carbocycles. The fraction of sp³-hybridized carbons (Fsp3) is 0.308. The van der Waals surface area contributed by atoms with E-state index in [0.29, 0.717) is 18.7 Å². The minimum Gasteiger partial charge on any atom is -0.497 e. The number of hydrogen-bond donors (Lipinski definition) is 1. The molecule has 0 aliphatic rings. The quantitative estimate of drug-likeness (QED) is 0.837. The molecular weight excluding hydrogens is 312 g/mol. The highest BCUT2D eigenvalue weighted by Gasteiger charge is 2.20. The Balaban J connectivity index is 2.14. The number of benzene rings is 1. The summed E-state index contributed by atoms with van der Waals surface area (Å²) in [6.45, 7) is 0.297. The van der Waals surface area contributed by atoms with Crippen molar-refractivity contribution in [3.63, 3.8) is 0 Å². The molecule has 1 aromatic heterocycles. The van der Waals surface area contributed by atoms with Crippen molar-refractivity contribution >= 4 is 21.4 Å². The average molecular weight is 328 g/mol. The van der Waals surface area contributed by atoms with Crippen LogP contribution < -0.4 is 14.2 Å². The van der Waals surface area contributed by atoms with Crippen molar-refractivity contribution in [1.82, 2.24) is 9.71 Å². The van der Waals surface area contributed by atoms with Crippen molar-refractivity contribution in [2.24, 2.45) is 0 Å². The number of thiazole rings is 1. The van der Waals surface area contributed by atoms with Crippen LogP contribution in [0.2, 0.25) is 0 Å². The minimum atomic E-state index is -3.66. The van der Waals surface area contributed by atoms with Crippen LogP contribution in [0.4, 0.5) is 0 Å². The lowest BCUT2D eigenvalue weighted by Crippen LogP contribution is -2.26. The third kappa shape index (κ3) is 3.93. The van der Waals surface area contributed by atoms with Crippen molar-refractivity contribution in [2.45, 2.75) is 11.3 Å². The van der Waals surface area contributed by atoms with Crippen LogP contribution in [0.25, 0.3) is 0 Å². The van der Waals surface area contributed by atoms with Gasteiger partial charge in [0.15, 0.2) is 0 Å². The first-order valence-electron chi connectivity index (χ1n) is 6.16. The molecule has 21 heavy (non-hydrogen) atoms. The lowest BCUT2D eigenvalue weighted by atomic mass is 10.3. The predicted molar refractivity (Wildman–Crippen MR) is 80.6 cm³/mol. The van der Waals surface area contributed by atoms with Crippen LogP contribution in [-0.2, 0) is 16.4 Å². The number of nitrogens with one attached hydrogen (secondary N) is 1. The van der Waals surface area contributed by atoms with E-state index in [0.717, 1.165) is 4.88 Å². The summed E-state index contributed by atoms with van der Waals surface area (Å²) in [6, 6.07) is 4.65. The van der Waals surface area contributed by atoms with Gasteiger partial charge in [-0.05, 0) is 18.6 Å². The zero-order valence-electron chi connectivity index (χ0n) is 11.7. The maximum absolute atomic E-state index is 12.3. The first kappa shape index (κ1) is 15.7. The van der Waals surface area contributed by atoms with E-state index in [2.05, 4.69) is 9.71 Å². The molecule has 1 aromatic carbocycles. The second-order valence-electron chi connectivity index (χ2n) is 4.13. The summed E-state index contributed by atoms with van der Waals surface area (Å²) in [5.74, 6) is 0.736. The van der Waals surface area contributed by atoms with E-state index in [-0.39, 0.29) is 10.6 Å². The molecule has 1 N–H and O–H groups in total. The topological polar surface area (TPSA) is 77.5 Å². The summed E-state index contributed by atoms with van der Waals surface area (Å²) in [6.07, 6.45) is 2.32. The van der Waals surface area contributed by atoms with Crippen molar-refractivity contribution < 1.29 is 17.9 Å². The smallest absolute Gasteiger partial charge is 0.244 e. The molecule has 6 nitrogen and oxygen atoms in total. The number of sulfonamides is 1. The lowest BCUT2D eigenvalue weighted by Gasteiger charge is -2.11. The van der Waals surface area contributed by atoms with Gasteiger partial charge in [-0.2, -0.15) is 0 Å². The van der Waals surface area contributed by atoms with Gasteiger partial charge in [-0.1, -0.05) is 0 Å². The molecule has 0 spiro atoms. The Morgan fingerprint density at radius 2 is 2.10 bits per heavy atom. The Bertz CT molecular complexity index is 684. The van der Waals surface area contributed by atoms with Crippen LogP contribution in [0.1, 0.15) is 4.88 Å². The zero-order valence-corrected chi connectivity index (χ0v) is 13.3. The summed E-state index contributed by atoms with van der Waals surface area (Å²) >= 11 is 1.49. The molecule has 0 fully saturated rings. The van der Waals surface area contributed by atoms with Crippen molar-refractivity contribution in [1.29, 1.82) is 0 Å². The molecule has 0 saturated heterocycles. The van der Waals surface area contributed by atoms with Crippen LogP contribution in [0.5, 0.6) is 11.5 Å². The fourth-order valence-electron chi connectivity index (χ4n) is 1.75. The van der Waals surface area contributed by atoms with Crippen molar-refractivity contribution in [3.8, 4) is 11.5 Å². The van der Waals surface area contributed by atoms with Gasteiger partial charge in [-0.3, -0.25) is 4.98 Å². The Labute approximate surface area is 127 Å². The zero-order chi connectivity index (χ0) is 15.3. The molecule has 8 heteroatoms. The number of rotatable bonds is 7. The van der Waals surface area contributed by atoms with Gasteiger partial charge in [0.25, 0.3) is 0 Å². The van der Waals surface area contributed by atoms with Gasteiger partial charge < -0.3 is 9.47 Å². The van der Waals surface area contributed by atoms with Crippen molar-refractivity contribution in [3.05, 3.63) is 34.8 Å². The standard InChI is InChI=1S/C13H16N2O4S2/c1-18-10-3-4-12(19-2)13(7-10)21(16,17)15-6-5-11-8-14-9-20-11/h3-4,7-9,15H,5-6H2,1-2H3. The van der Waals surface area contributed by atoms with Crippen LogP contribution in [0, 0.1) is 0 Å². The molecule has 0 radical (unpaired) electrons. The Morgan fingerprint density at radius 3 is 2.71 bits per heavy atom. The van der Waals surface area contributed by atoms with Gasteiger partial charge in [-0.15, -0.1) is 11.3 Å². The van der Waals surface area contributed by atoms with E-state index < -0.39 is 10.0 Å². The minimum absolute atomic E-state index is 0.0636. The third-order valence-electron chi connectivity index (χ3n) is 2.81. The van der Waals surface area contributed by atoms with Crippen molar-refractivity contribution in [2.75, 3.05) is 20.8 Å². The van der Waals surface area contributed by atoms with Crippen LogP contribution in [0.3, 0.4) is 0 Å². The first-order chi connectivity index (χ1) is 10.1. The fourth-order valence-corrected chi connectivity index (χ4v) is 3.56. The SMILES string of the molecule is COc1ccc(OC)c(S(=O)(=O)NCCc2cncs2)c1. The van der Waals surface area contributed by atoms with Gasteiger partial charge in [0.2, 0.25) is 10.0 Å². The maximum atomic E-state index is 12.3. The predicted octanol–water partition coefficient (Wildman–Crippen LogP) is 1.68. The van der Waals surface area contributed by atoms with Gasteiger partial charge >= 0.3 is 0 Å². The second kappa shape index (κ2) is 6.88. The van der Waals surface area contributed by atoms with Gasteiger partial charge in [0.05, 0.1) is 19.7 Å². The van der Waals surface area contributed by atoms with Gasteiger partial charge in [0, 0.05) is 23.7 Å². The third-order valence-corrected chi connectivity index (χ3v) is 5.13. The first-order valence-corrected chi connectivity index (χ1v) is 8.52. The summed E-state index contributed by atoms with van der Waals surface area (Å²) in [5.41, 5.74) is 1.72. The number of methoxy groups -OCH3 is 2. The summed E-state index contributed by atoms with van der Waals surface area (Å²) in [7, 11) is -0.749. The number of aromatic nitrogens is 1. The molecule has 0 bridgehead atoms. The average Bonchev–Trinajstić information content (AvgIpc) is 2.99. The van der Waals surface area contributed by atoms with Gasteiger partial charge in [0.1, 0.15) is 16.4 Å². The highest BCUT2D eigenvalue weighted by atomic mass is 32.2. The summed E-state index contributed by atoms with van der Waals surface area (Å²) in [4.78, 5) is 5.04.